The molecule has 2 heteroatoms. The largest absolute Gasteiger partial charge is 0.398 e. The molecule has 0 unspecified atom stereocenters. The lowest BCUT2D eigenvalue weighted by Gasteiger charge is -2.34. The summed E-state index contributed by atoms with van der Waals surface area (Å²) in [5, 5.41) is 0. The summed E-state index contributed by atoms with van der Waals surface area (Å²) in [7, 11) is 0. The lowest BCUT2D eigenvalue weighted by Crippen LogP contribution is -2.29. The van der Waals surface area contributed by atoms with Crippen molar-refractivity contribution in [2.24, 2.45) is 5.73 Å². The van der Waals surface area contributed by atoms with E-state index in [0.29, 0.717) is 0 Å². The molecule has 0 fully saturated rings. The van der Waals surface area contributed by atoms with E-state index in [2.05, 4.69) is 35.3 Å². The van der Waals surface area contributed by atoms with Gasteiger partial charge in [0.1, 0.15) is 0 Å². The molecule has 3 rings (SSSR count). The molecule has 0 aliphatic carbocycles. The van der Waals surface area contributed by atoms with Crippen LogP contribution < -0.4 is 10.6 Å². The topological polar surface area (TPSA) is 29.3 Å². The van der Waals surface area contributed by atoms with Gasteiger partial charge < -0.3 is 10.6 Å². The molecule has 76 valence electrons. The number of nitrogens with zero attached hydrogens (tertiary/aromatic N) is 1. The molecule has 0 aromatic heterocycles. The predicted octanol–water partition coefficient (Wildman–Crippen LogP) is 2.48. The van der Waals surface area contributed by atoms with Crippen molar-refractivity contribution in [1.29, 1.82) is 0 Å². The summed E-state index contributed by atoms with van der Waals surface area (Å²) in [6, 6.07) is 8.35. The lowest BCUT2D eigenvalue weighted by molar-refractivity contribution is 0.762. The molecule has 2 heterocycles. The summed E-state index contributed by atoms with van der Waals surface area (Å²) in [5.41, 5.74) is 10.6. The number of hydrogen-bond acceptors (Lipinski definition) is 2. The maximum Gasteiger partial charge on any atom is 0.0505 e. The van der Waals surface area contributed by atoms with Crippen molar-refractivity contribution in [3.63, 3.8) is 0 Å². The molecule has 0 radical (unpaired) electrons. The SMILES string of the molecule is NC1=CC2=CCCCN2c2ccccc21. The van der Waals surface area contributed by atoms with Gasteiger partial charge in [0.25, 0.3) is 0 Å². The zero-order valence-electron chi connectivity index (χ0n) is 8.61. The highest BCUT2D eigenvalue weighted by atomic mass is 15.2. The molecule has 2 N–H and O–H groups in total. The van der Waals surface area contributed by atoms with Gasteiger partial charge in [-0.25, -0.2) is 0 Å². The zero-order chi connectivity index (χ0) is 10.3. The average Bonchev–Trinajstić information content (AvgIpc) is 2.30. The summed E-state index contributed by atoms with van der Waals surface area (Å²) < 4.78 is 0. The molecular weight excluding hydrogens is 184 g/mol. The Labute approximate surface area is 89.7 Å². The van der Waals surface area contributed by atoms with Crippen LogP contribution in [0.5, 0.6) is 0 Å². The van der Waals surface area contributed by atoms with Crippen molar-refractivity contribution in [1.82, 2.24) is 0 Å². The molecule has 0 saturated carbocycles. The van der Waals surface area contributed by atoms with Gasteiger partial charge in [0, 0.05) is 23.5 Å². The highest BCUT2D eigenvalue weighted by Crippen LogP contribution is 2.35. The van der Waals surface area contributed by atoms with Crippen molar-refractivity contribution in [2.75, 3.05) is 11.4 Å². The Balaban J connectivity index is 2.20. The second-order valence-electron chi connectivity index (χ2n) is 4.04. The van der Waals surface area contributed by atoms with Crippen LogP contribution in [-0.2, 0) is 0 Å². The van der Waals surface area contributed by atoms with Crippen LogP contribution in [0.1, 0.15) is 18.4 Å². The van der Waals surface area contributed by atoms with E-state index >= 15 is 0 Å². The Kier molecular flexibility index (Phi) is 1.81. The van der Waals surface area contributed by atoms with Crippen molar-refractivity contribution in [3.8, 4) is 0 Å². The van der Waals surface area contributed by atoms with Crippen LogP contribution in [0, 0.1) is 0 Å². The molecule has 0 spiro atoms. The molecular formula is C13H14N2. The van der Waals surface area contributed by atoms with Gasteiger partial charge in [-0.3, -0.25) is 0 Å². The van der Waals surface area contributed by atoms with Crippen LogP contribution in [0.15, 0.2) is 42.1 Å². The average molecular weight is 198 g/mol. The summed E-state index contributed by atoms with van der Waals surface area (Å²) in [6.07, 6.45) is 6.75. The van der Waals surface area contributed by atoms with E-state index in [1.54, 1.807) is 0 Å². The summed E-state index contributed by atoms with van der Waals surface area (Å²) in [5.74, 6) is 0. The van der Waals surface area contributed by atoms with Crippen LogP contribution >= 0.6 is 0 Å². The molecule has 2 nitrogen and oxygen atoms in total. The first-order chi connectivity index (χ1) is 7.36. The number of benzene rings is 1. The van der Waals surface area contributed by atoms with Crippen molar-refractivity contribution in [3.05, 3.63) is 47.7 Å². The molecule has 0 saturated heterocycles. The standard InChI is InChI=1S/C13H14N2/c14-12-9-10-5-3-4-8-15(10)13-7-2-1-6-11(12)13/h1-2,5-7,9H,3-4,8,14H2. The fourth-order valence-electron chi connectivity index (χ4n) is 2.33. The van der Waals surface area contributed by atoms with Gasteiger partial charge in [-0.05, 0) is 25.0 Å². The summed E-state index contributed by atoms with van der Waals surface area (Å²) in [6.45, 7) is 1.10. The van der Waals surface area contributed by atoms with E-state index in [1.165, 1.54) is 17.8 Å². The van der Waals surface area contributed by atoms with E-state index in [4.69, 9.17) is 5.73 Å². The van der Waals surface area contributed by atoms with Crippen LogP contribution in [0.4, 0.5) is 5.69 Å². The minimum atomic E-state index is 0.884. The number of nitrogens with two attached hydrogens (primary N) is 1. The minimum Gasteiger partial charge on any atom is -0.398 e. The Hall–Kier alpha value is -1.70. The Morgan fingerprint density at radius 2 is 2.07 bits per heavy atom. The molecule has 2 aliphatic heterocycles. The van der Waals surface area contributed by atoms with Crippen LogP contribution in [0.3, 0.4) is 0 Å². The first-order valence-corrected chi connectivity index (χ1v) is 5.40. The molecule has 2 aliphatic rings. The van der Waals surface area contributed by atoms with E-state index in [0.717, 1.165) is 24.2 Å². The van der Waals surface area contributed by atoms with Gasteiger partial charge in [-0.2, -0.15) is 0 Å². The molecule has 0 bridgehead atoms. The molecule has 1 aromatic rings. The fourth-order valence-corrected chi connectivity index (χ4v) is 2.33. The van der Waals surface area contributed by atoms with Crippen LogP contribution in [0.25, 0.3) is 5.70 Å². The van der Waals surface area contributed by atoms with Gasteiger partial charge >= 0.3 is 0 Å². The minimum absolute atomic E-state index is 0.884. The number of anilines is 1. The van der Waals surface area contributed by atoms with Gasteiger partial charge in [0.2, 0.25) is 0 Å². The number of rotatable bonds is 0. The van der Waals surface area contributed by atoms with Crippen molar-refractivity contribution >= 4 is 11.4 Å². The molecule has 15 heavy (non-hydrogen) atoms. The Morgan fingerprint density at radius 1 is 1.20 bits per heavy atom. The summed E-state index contributed by atoms with van der Waals surface area (Å²) in [4.78, 5) is 2.36. The maximum atomic E-state index is 6.05. The number of hydrogen-bond donors (Lipinski definition) is 1. The third-order valence-electron chi connectivity index (χ3n) is 3.06. The van der Waals surface area contributed by atoms with Gasteiger partial charge in [0.05, 0.1) is 5.69 Å². The van der Waals surface area contributed by atoms with E-state index in [1.807, 2.05) is 6.07 Å². The lowest BCUT2D eigenvalue weighted by atomic mass is 9.99. The van der Waals surface area contributed by atoms with Crippen LogP contribution in [-0.4, -0.2) is 6.54 Å². The first kappa shape index (κ1) is 8.60. The zero-order valence-corrected chi connectivity index (χ0v) is 8.61. The first-order valence-electron chi connectivity index (χ1n) is 5.40. The predicted molar refractivity (Wildman–Crippen MR) is 63.3 cm³/mol. The quantitative estimate of drug-likeness (QED) is 0.694. The second kappa shape index (κ2) is 3.16. The van der Waals surface area contributed by atoms with Gasteiger partial charge in [0.15, 0.2) is 0 Å². The van der Waals surface area contributed by atoms with Crippen molar-refractivity contribution in [2.45, 2.75) is 12.8 Å². The normalized spacial score (nSPS) is 18.8. The van der Waals surface area contributed by atoms with E-state index < -0.39 is 0 Å². The van der Waals surface area contributed by atoms with Crippen LogP contribution in [0.2, 0.25) is 0 Å². The van der Waals surface area contributed by atoms with E-state index in [9.17, 15) is 0 Å². The number of allylic oxidation sites excluding steroid dienone is 2. The third-order valence-corrected chi connectivity index (χ3v) is 3.06. The molecule has 1 aromatic carbocycles. The Bertz CT molecular complexity index is 457. The maximum absolute atomic E-state index is 6.05. The van der Waals surface area contributed by atoms with Gasteiger partial charge in [-0.1, -0.05) is 24.3 Å². The smallest absolute Gasteiger partial charge is 0.0505 e. The molecule has 0 amide bonds. The third kappa shape index (κ3) is 1.25. The monoisotopic (exact) mass is 198 g/mol. The highest BCUT2D eigenvalue weighted by Gasteiger charge is 2.21. The number of fused-ring (bicyclic) bond motifs is 3. The Morgan fingerprint density at radius 3 is 3.00 bits per heavy atom. The molecule has 0 atom stereocenters. The number of para-hydroxylation sites is 1. The summed E-state index contributed by atoms with van der Waals surface area (Å²) >= 11 is 0. The van der Waals surface area contributed by atoms with Gasteiger partial charge in [-0.15, -0.1) is 0 Å². The van der Waals surface area contributed by atoms with E-state index in [-0.39, 0.29) is 0 Å². The highest BCUT2D eigenvalue weighted by molar-refractivity contribution is 5.82. The van der Waals surface area contributed by atoms with Crippen molar-refractivity contribution < 1.29 is 0 Å². The second-order valence-corrected chi connectivity index (χ2v) is 4.04. The fraction of sp³-hybridized carbons (Fsp3) is 0.231.